The number of nitrogens with one attached hydrogen (secondary N) is 1. The van der Waals surface area contributed by atoms with Crippen molar-refractivity contribution < 1.29 is 17.9 Å². The number of fused-ring (bicyclic) bond motifs is 1. The lowest BCUT2D eigenvalue weighted by molar-refractivity contribution is -0.128. The maximum Gasteiger partial charge on any atom is 0.263 e. The second-order valence-corrected chi connectivity index (χ2v) is 11.2. The molecule has 1 amide bonds. The van der Waals surface area contributed by atoms with Crippen molar-refractivity contribution in [2.24, 2.45) is 0 Å². The predicted octanol–water partition coefficient (Wildman–Crippen LogP) is 3.65. The van der Waals surface area contributed by atoms with E-state index < -0.39 is 16.1 Å². The van der Waals surface area contributed by atoms with E-state index in [1.54, 1.807) is 6.07 Å². The molecule has 1 N–H and O–H groups in total. The standard InChI is InChI=1S/C24H32N2O4S/c1-17(11-12-18-9-7-6-8-10-18)25-23(27)22-16-26(31(5,28)29)20-15-19(24(2,3)4)13-14-21(20)30-22/h6-10,13-15,17,22H,11-12,16H2,1-5H3,(H,25,27)/t17-,22+/m0/s1. The Hall–Kier alpha value is -2.54. The second-order valence-electron chi connectivity index (χ2n) is 9.27. The van der Waals surface area contributed by atoms with Gasteiger partial charge in [0.1, 0.15) is 5.75 Å². The van der Waals surface area contributed by atoms with Crippen LogP contribution < -0.4 is 14.4 Å². The topological polar surface area (TPSA) is 75.7 Å². The smallest absolute Gasteiger partial charge is 0.263 e. The first kappa shape index (κ1) is 23.1. The first-order valence-corrected chi connectivity index (χ1v) is 12.4. The van der Waals surface area contributed by atoms with Crippen LogP contribution in [0.1, 0.15) is 45.2 Å². The van der Waals surface area contributed by atoms with Crippen LogP contribution in [0.4, 0.5) is 5.69 Å². The molecule has 1 aliphatic rings. The number of amides is 1. The SMILES string of the molecule is C[C@@H](CCc1ccccc1)NC(=O)[C@H]1CN(S(C)(=O)=O)c2cc(C(C)(C)C)ccc2O1. The average molecular weight is 445 g/mol. The number of hydrogen-bond acceptors (Lipinski definition) is 4. The molecular weight excluding hydrogens is 412 g/mol. The Morgan fingerprint density at radius 2 is 1.87 bits per heavy atom. The second kappa shape index (κ2) is 8.91. The van der Waals surface area contributed by atoms with Crippen molar-refractivity contribution in [2.75, 3.05) is 17.1 Å². The van der Waals surface area contributed by atoms with Crippen molar-refractivity contribution in [3.05, 3.63) is 59.7 Å². The van der Waals surface area contributed by atoms with E-state index in [0.717, 1.165) is 24.7 Å². The molecule has 0 bridgehead atoms. The molecule has 0 fully saturated rings. The number of sulfonamides is 1. The minimum atomic E-state index is -3.57. The van der Waals surface area contributed by atoms with Crippen molar-refractivity contribution in [1.82, 2.24) is 5.32 Å². The summed E-state index contributed by atoms with van der Waals surface area (Å²) >= 11 is 0. The monoisotopic (exact) mass is 444 g/mol. The lowest BCUT2D eigenvalue weighted by Crippen LogP contribution is -2.52. The first-order chi connectivity index (χ1) is 14.4. The summed E-state index contributed by atoms with van der Waals surface area (Å²) in [4.78, 5) is 12.9. The molecule has 0 spiro atoms. The molecule has 1 aliphatic heterocycles. The van der Waals surface area contributed by atoms with E-state index in [-0.39, 0.29) is 23.9 Å². The van der Waals surface area contributed by atoms with Crippen LogP contribution in [0.15, 0.2) is 48.5 Å². The van der Waals surface area contributed by atoms with E-state index in [9.17, 15) is 13.2 Å². The number of hydrogen-bond donors (Lipinski definition) is 1. The van der Waals surface area contributed by atoms with Crippen LogP contribution in [0.25, 0.3) is 0 Å². The molecule has 3 rings (SSSR count). The summed E-state index contributed by atoms with van der Waals surface area (Å²) in [6.45, 7) is 8.10. The lowest BCUT2D eigenvalue weighted by atomic mass is 9.86. The van der Waals surface area contributed by atoms with Gasteiger partial charge in [0.2, 0.25) is 10.0 Å². The van der Waals surface area contributed by atoms with Gasteiger partial charge in [-0.2, -0.15) is 0 Å². The maximum absolute atomic E-state index is 12.9. The molecule has 0 aromatic heterocycles. The van der Waals surface area contributed by atoms with Gasteiger partial charge in [-0.3, -0.25) is 9.10 Å². The Labute approximate surface area is 185 Å². The van der Waals surface area contributed by atoms with Crippen LogP contribution >= 0.6 is 0 Å². The van der Waals surface area contributed by atoms with Gasteiger partial charge in [0.15, 0.2) is 6.10 Å². The first-order valence-electron chi connectivity index (χ1n) is 10.6. The molecule has 168 valence electrons. The molecule has 6 nitrogen and oxygen atoms in total. The van der Waals surface area contributed by atoms with Gasteiger partial charge >= 0.3 is 0 Å². The fourth-order valence-electron chi connectivity index (χ4n) is 3.60. The van der Waals surface area contributed by atoms with Gasteiger partial charge in [-0.05, 0) is 48.4 Å². The average Bonchev–Trinajstić information content (AvgIpc) is 2.70. The number of rotatable bonds is 6. The number of ether oxygens (including phenoxy) is 1. The third kappa shape index (κ3) is 5.79. The molecule has 1 heterocycles. The molecule has 2 aromatic rings. The highest BCUT2D eigenvalue weighted by molar-refractivity contribution is 7.92. The number of carbonyl (C=O) groups is 1. The summed E-state index contributed by atoms with van der Waals surface area (Å²) in [7, 11) is -3.57. The highest BCUT2D eigenvalue weighted by atomic mass is 32.2. The van der Waals surface area contributed by atoms with Crippen LogP contribution in [0.3, 0.4) is 0 Å². The van der Waals surface area contributed by atoms with Crippen molar-refractivity contribution in [3.8, 4) is 5.75 Å². The van der Waals surface area contributed by atoms with E-state index in [0.29, 0.717) is 11.4 Å². The van der Waals surface area contributed by atoms with E-state index in [1.807, 2.05) is 37.3 Å². The number of nitrogens with zero attached hydrogens (tertiary/aromatic N) is 1. The van der Waals surface area contributed by atoms with Crippen molar-refractivity contribution in [1.29, 1.82) is 0 Å². The zero-order valence-corrected chi connectivity index (χ0v) is 19.7. The Morgan fingerprint density at radius 3 is 2.48 bits per heavy atom. The highest BCUT2D eigenvalue weighted by Gasteiger charge is 2.36. The Kier molecular flexibility index (Phi) is 6.65. The van der Waals surface area contributed by atoms with Crippen LogP contribution in [0, 0.1) is 0 Å². The van der Waals surface area contributed by atoms with Gasteiger partial charge < -0.3 is 10.1 Å². The normalized spacial score (nSPS) is 17.5. The zero-order valence-electron chi connectivity index (χ0n) is 18.9. The molecule has 0 radical (unpaired) electrons. The van der Waals surface area contributed by atoms with Crippen LogP contribution in [0.5, 0.6) is 5.75 Å². The largest absolute Gasteiger partial charge is 0.476 e. The summed E-state index contributed by atoms with van der Waals surface area (Å²) in [6.07, 6.45) is 1.89. The molecule has 0 aliphatic carbocycles. The maximum atomic E-state index is 12.9. The van der Waals surface area contributed by atoms with Gasteiger partial charge in [0, 0.05) is 6.04 Å². The van der Waals surface area contributed by atoms with Gasteiger partial charge in [0.25, 0.3) is 5.91 Å². The number of carbonyl (C=O) groups excluding carboxylic acids is 1. The van der Waals surface area contributed by atoms with Crippen LogP contribution in [-0.4, -0.2) is 39.3 Å². The van der Waals surface area contributed by atoms with Gasteiger partial charge in [-0.1, -0.05) is 57.2 Å². The minimum Gasteiger partial charge on any atom is -0.476 e. The van der Waals surface area contributed by atoms with Gasteiger partial charge in [0.05, 0.1) is 18.5 Å². The number of benzene rings is 2. The van der Waals surface area contributed by atoms with Crippen LogP contribution in [0.2, 0.25) is 0 Å². The molecule has 2 aromatic carbocycles. The number of anilines is 1. The third-order valence-electron chi connectivity index (χ3n) is 5.48. The number of aryl methyl sites for hydroxylation is 1. The summed E-state index contributed by atoms with van der Waals surface area (Å²) < 4.78 is 32.2. The van der Waals surface area contributed by atoms with Crippen LogP contribution in [-0.2, 0) is 26.7 Å². The zero-order chi connectivity index (χ0) is 22.8. The molecule has 2 atom stereocenters. The summed E-state index contributed by atoms with van der Waals surface area (Å²) in [5.74, 6) is 0.0986. The van der Waals surface area contributed by atoms with E-state index in [1.165, 1.54) is 9.87 Å². The quantitative estimate of drug-likeness (QED) is 0.738. The Morgan fingerprint density at radius 1 is 1.19 bits per heavy atom. The Balaban J connectivity index is 1.73. The Bertz CT molecular complexity index is 1030. The molecule has 31 heavy (non-hydrogen) atoms. The van der Waals surface area contributed by atoms with E-state index in [2.05, 4.69) is 38.2 Å². The predicted molar refractivity (Wildman–Crippen MR) is 124 cm³/mol. The summed E-state index contributed by atoms with van der Waals surface area (Å²) in [6, 6.07) is 15.5. The van der Waals surface area contributed by atoms with Crippen molar-refractivity contribution >= 4 is 21.6 Å². The van der Waals surface area contributed by atoms with E-state index >= 15 is 0 Å². The highest BCUT2D eigenvalue weighted by Crippen LogP contribution is 2.38. The van der Waals surface area contributed by atoms with E-state index in [4.69, 9.17) is 4.74 Å². The van der Waals surface area contributed by atoms with Crippen molar-refractivity contribution in [3.63, 3.8) is 0 Å². The van der Waals surface area contributed by atoms with Gasteiger partial charge in [-0.15, -0.1) is 0 Å². The molecule has 0 saturated heterocycles. The van der Waals surface area contributed by atoms with Gasteiger partial charge in [-0.25, -0.2) is 8.42 Å². The molecular formula is C24H32N2O4S. The summed E-state index contributed by atoms with van der Waals surface area (Å²) in [5, 5.41) is 2.97. The van der Waals surface area contributed by atoms with Crippen molar-refractivity contribution in [2.45, 2.75) is 58.1 Å². The molecule has 0 unspecified atom stereocenters. The minimum absolute atomic E-state index is 0.0450. The summed E-state index contributed by atoms with van der Waals surface area (Å²) in [5.41, 5.74) is 2.56. The molecule has 0 saturated carbocycles. The molecule has 7 heteroatoms. The lowest BCUT2D eigenvalue weighted by Gasteiger charge is -2.35. The fraction of sp³-hybridized carbons (Fsp3) is 0.458. The third-order valence-corrected chi connectivity index (χ3v) is 6.63. The fourth-order valence-corrected chi connectivity index (χ4v) is 4.51.